The third-order valence-corrected chi connectivity index (χ3v) is 5.40. The van der Waals surface area contributed by atoms with Gasteiger partial charge in [-0.25, -0.2) is 4.99 Å². The summed E-state index contributed by atoms with van der Waals surface area (Å²) in [5.74, 6) is 0.915. The fourth-order valence-electron chi connectivity index (χ4n) is 3.85. The normalized spacial score (nSPS) is 21.5. The van der Waals surface area contributed by atoms with Crippen molar-refractivity contribution in [3.63, 3.8) is 0 Å². The first kappa shape index (κ1) is 18.0. The number of nitrogens with two attached hydrogens (primary N) is 1. The first-order chi connectivity index (χ1) is 13.6. The maximum atomic E-state index is 13.3. The molecule has 4 rings (SSSR count). The maximum absolute atomic E-state index is 13.3. The number of methoxy groups -OCH3 is 1. The predicted octanol–water partition coefficient (Wildman–Crippen LogP) is 3.62. The number of amides is 1. The zero-order valence-electron chi connectivity index (χ0n) is 16.1. The van der Waals surface area contributed by atoms with Crippen molar-refractivity contribution in [2.45, 2.75) is 18.4 Å². The number of ether oxygens (including phenoxy) is 1. The second kappa shape index (κ2) is 7.00. The number of carbonyl (C=O) groups is 1. The fraction of sp³-hybridized carbons (Fsp3) is 0.217. The molecule has 0 aromatic heterocycles. The Kier molecular flexibility index (Phi) is 4.51. The largest absolute Gasteiger partial charge is 0.497 e. The lowest BCUT2D eigenvalue weighted by Crippen LogP contribution is -2.41. The molecule has 1 aliphatic carbocycles. The minimum Gasteiger partial charge on any atom is -0.497 e. The molecule has 1 atom stereocenters. The third-order valence-electron chi connectivity index (χ3n) is 5.40. The SMILES string of the molecule is COc1cccc(-c2cccc(C3(C4=CC=CCC4)N=C(N)N(C)C3=O)c2)c1. The molecular weight excluding hydrogens is 350 g/mol. The molecule has 0 bridgehead atoms. The van der Waals surface area contributed by atoms with Crippen LogP contribution in [0.3, 0.4) is 0 Å². The van der Waals surface area contributed by atoms with E-state index in [1.54, 1.807) is 14.2 Å². The Hall–Kier alpha value is -3.34. The third kappa shape index (κ3) is 2.80. The van der Waals surface area contributed by atoms with E-state index < -0.39 is 5.54 Å². The van der Waals surface area contributed by atoms with Crippen molar-refractivity contribution in [3.8, 4) is 16.9 Å². The van der Waals surface area contributed by atoms with Crippen molar-refractivity contribution in [1.82, 2.24) is 4.90 Å². The highest BCUT2D eigenvalue weighted by Crippen LogP contribution is 2.43. The Morgan fingerprint density at radius 2 is 1.89 bits per heavy atom. The summed E-state index contributed by atoms with van der Waals surface area (Å²) in [6.45, 7) is 0. The van der Waals surface area contributed by atoms with Crippen LogP contribution in [0.2, 0.25) is 0 Å². The van der Waals surface area contributed by atoms with Gasteiger partial charge in [-0.2, -0.15) is 0 Å². The van der Waals surface area contributed by atoms with Gasteiger partial charge in [-0.1, -0.05) is 48.6 Å². The van der Waals surface area contributed by atoms with Gasteiger partial charge in [0.1, 0.15) is 5.75 Å². The van der Waals surface area contributed by atoms with E-state index in [2.05, 4.69) is 11.1 Å². The Morgan fingerprint density at radius 3 is 2.54 bits per heavy atom. The number of allylic oxidation sites excluding steroid dienone is 3. The molecule has 1 heterocycles. The van der Waals surface area contributed by atoms with Gasteiger partial charge in [0, 0.05) is 7.05 Å². The van der Waals surface area contributed by atoms with E-state index >= 15 is 0 Å². The standard InChI is InChI=1S/C23H23N3O2/c1-26-21(27)23(25-22(26)24,18-10-4-3-5-11-18)19-12-6-8-16(14-19)17-9-7-13-20(15-17)28-2/h3-4,6-10,12-15H,5,11H2,1-2H3,(H2,24,25). The summed E-state index contributed by atoms with van der Waals surface area (Å²) in [6, 6.07) is 15.8. The highest BCUT2D eigenvalue weighted by molar-refractivity contribution is 6.09. The molecule has 1 aliphatic heterocycles. The molecule has 2 aromatic rings. The number of rotatable bonds is 4. The van der Waals surface area contributed by atoms with Crippen molar-refractivity contribution in [2.24, 2.45) is 10.7 Å². The van der Waals surface area contributed by atoms with Gasteiger partial charge >= 0.3 is 0 Å². The molecule has 0 spiro atoms. The second-order valence-electron chi connectivity index (χ2n) is 7.02. The van der Waals surface area contributed by atoms with Gasteiger partial charge in [-0.3, -0.25) is 9.69 Å². The Balaban J connectivity index is 1.88. The molecule has 1 amide bonds. The molecule has 0 radical (unpaired) electrons. The van der Waals surface area contributed by atoms with E-state index in [1.165, 1.54) is 4.90 Å². The minimum atomic E-state index is -1.10. The predicted molar refractivity (Wildman–Crippen MR) is 111 cm³/mol. The number of likely N-dealkylation sites (N-methyl/N-ethyl adjacent to an activating group) is 1. The van der Waals surface area contributed by atoms with Crippen LogP contribution >= 0.6 is 0 Å². The number of carbonyl (C=O) groups excluding carboxylic acids is 1. The molecule has 0 saturated carbocycles. The van der Waals surface area contributed by atoms with Gasteiger partial charge in [0.15, 0.2) is 11.5 Å². The van der Waals surface area contributed by atoms with Gasteiger partial charge < -0.3 is 10.5 Å². The van der Waals surface area contributed by atoms with Crippen molar-refractivity contribution >= 4 is 11.9 Å². The van der Waals surface area contributed by atoms with Crippen LogP contribution in [0, 0.1) is 0 Å². The maximum Gasteiger partial charge on any atom is 0.266 e. The molecule has 28 heavy (non-hydrogen) atoms. The quantitative estimate of drug-likeness (QED) is 0.890. The molecule has 5 heteroatoms. The number of nitrogens with zero attached hydrogens (tertiary/aromatic N) is 2. The summed E-state index contributed by atoms with van der Waals surface area (Å²) >= 11 is 0. The van der Waals surface area contributed by atoms with Crippen LogP contribution in [-0.4, -0.2) is 30.9 Å². The van der Waals surface area contributed by atoms with Crippen molar-refractivity contribution in [1.29, 1.82) is 0 Å². The van der Waals surface area contributed by atoms with E-state index in [4.69, 9.17) is 10.5 Å². The van der Waals surface area contributed by atoms with Gasteiger partial charge in [-0.15, -0.1) is 0 Å². The van der Waals surface area contributed by atoms with Gasteiger partial charge in [0.25, 0.3) is 5.91 Å². The lowest BCUT2D eigenvalue weighted by molar-refractivity contribution is -0.129. The van der Waals surface area contributed by atoms with Crippen molar-refractivity contribution in [2.75, 3.05) is 14.2 Å². The van der Waals surface area contributed by atoms with Crippen LogP contribution in [-0.2, 0) is 10.3 Å². The molecular formula is C23H23N3O2. The first-order valence-electron chi connectivity index (χ1n) is 9.31. The molecule has 2 aliphatic rings. The average molecular weight is 373 g/mol. The fourth-order valence-corrected chi connectivity index (χ4v) is 3.85. The summed E-state index contributed by atoms with van der Waals surface area (Å²) in [7, 11) is 3.33. The number of hydrogen-bond donors (Lipinski definition) is 1. The summed E-state index contributed by atoms with van der Waals surface area (Å²) in [6.07, 6.45) is 7.74. The number of guanidine groups is 1. The van der Waals surface area contributed by atoms with E-state index in [1.807, 2.05) is 60.7 Å². The number of benzene rings is 2. The van der Waals surface area contributed by atoms with E-state index in [0.717, 1.165) is 40.9 Å². The first-order valence-corrected chi connectivity index (χ1v) is 9.31. The summed E-state index contributed by atoms with van der Waals surface area (Å²) < 4.78 is 5.35. The zero-order valence-corrected chi connectivity index (χ0v) is 16.1. The van der Waals surface area contributed by atoms with Crippen LogP contribution in [0.4, 0.5) is 0 Å². The van der Waals surface area contributed by atoms with Crippen molar-refractivity contribution in [3.05, 3.63) is 77.9 Å². The van der Waals surface area contributed by atoms with E-state index in [-0.39, 0.29) is 11.9 Å². The Morgan fingerprint density at radius 1 is 1.14 bits per heavy atom. The van der Waals surface area contributed by atoms with Crippen LogP contribution in [0.15, 0.2) is 77.3 Å². The Labute approximate surface area is 164 Å². The van der Waals surface area contributed by atoms with Gasteiger partial charge in [0.05, 0.1) is 7.11 Å². The Bertz CT molecular complexity index is 1020. The number of aliphatic imine (C=N–C) groups is 1. The lowest BCUT2D eigenvalue weighted by atomic mass is 9.78. The lowest BCUT2D eigenvalue weighted by Gasteiger charge is -2.29. The topological polar surface area (TPSA) is 67.9 Å². The van der Waals surface area contributed by atoms with Crippen molar-refractivity contribution < 1.29 is 9.53 Å². The van der Waals surface area contributed by atoms with Crippen LogP contribution in [0.25, 0.3) is 11.1 Å². The van der Waals surface area contributed by atoms with Gasteiger partial charge in [0.2, 0.25) is 0 Å². The number of hydrogen-bond acceptors (Lipinski definition) is 4. The van der Waals surface area contributed by atoms with E-state index in [0.29, 0.717) is 0 Å². The van der Waals surface area contributed by atoms with E-state index in [9.17, 15) is 4.79 Å². The molecule has 2 aromatic carbocycles. The molecule has 142 valence electrons. The molecule has 1 unspecified atom stereocenters. The van der Waals surface area contributed by atoms with Crippen LogP contribution in [0.1, 0.15) is 18.4 Å². The monoisotopic (exact) mass is 373 g/mol. The summed E-state index contributed by atoms with van der Waals surface area (Å²) in [4.78, 5) is 19.5. The summed E-state index contributed by atoms with van der Waals surface area (Å²) in [5.41, 5.74) is 8.78. The smallest absolute Gasteiger partial charge is 0.266 e. The highest BCUT2D eigenvalue weighted by atomic mass is 16.5. The van der Waals surface area contributed by atoms with Crippen LogP contribution in [0.5, 0.6) is 5.75 Å². The molecule has 0 fully saturated rings. The minimum absolute atomic E-state index is 0.116. The second-order valence-corrected chi connectivity index (χ2v) is 7.02. The van der Waals surface area contributed by atoms with Gasteiger partial charge in [-0.05, 0) is 53.3 Å². The summed E-state index contributed by atoms with van der Waals surface area (Å²) in [5, 5.41) is 0. The molecule has 5 nitrogen and oxygen atoms in total. The zero-order chi connectivity index (χ0) is 19.7. The molecule has 0 saturated heterocycles. The average Bonchev–Trinajstić information content (AvgIpc) is 2.99. The van der Waals surface area contributed by atoms with Crippen LogP contribution < -0.4 is 10.5 Å². The molecule has 2 N–H and O–H groups in total. The highest BCUT2D eigenvalue weighted by Gasteiger charge is 2.50.